The van der Waals surface area contributed by atoms with Crippen molar-refractivity contribution in [2.45, 2.75) is 31.4 Å². The monoisotopic (exact) mass is 282 g/mol. The SMILES string of the molecule is CCOC(=S)SC(C)(C)C1COc2ccccc21. The van der Waals surface area contributed by atoms with Crippen LogP contribution in [-0.2, 0) is 4.74 Å². The fourth-order valence-electron chi connectivity index (χ4n) is 2.17. The molecular weight excluding hydrogens is 264 g/mol. The van der Waals surface area contributed by atoms with E-state index in [9.17, 15) is 0 Å². The maximum atomic E-state index is 5.74. The smallest absolute Gasteiger partial charge is 0.220 e. The minimum Gasteiger partial charge on any atom is -0.493 e. The van der Waals surface area contributed by atoms with E-state index >= 15 is 0 Å². The standard InChI is InChI=1S/C14H18O2S2/c1-4-15-13(17)18-14(2,3)11-9-16-12-8-6-5-7-10(11)12/h5-8,11H,4,9H2,1-3H3. The fourth-order valence-corrected chi connectivity index (χ4v) is 3.88. The van der Waals surface area contributed by atoms with Crippen LogP contribution in [0.3, 0.4) is 0 Å². The molecule has 0 saturated heterocycles. The van der Waals surface area contributed by atoms with E-state index < -0.39 is 0 Å². The van der Waals surface area contributed by atoms with Gasteiger partial charge in [-0.25, -0.2) is 0 Å². The number of para-hydroxylation sites is 1. The van der Waals surface area contributed by atoms with Crippen molar-refractivity contribution in [3.63, 3.8) is 0 Å². The number of rotatable bonds is 3. The second kappa shape index (κ2) is 5.49. The van der Waals surface area contributed by atoms with Gasteiger partial charge in [-0.15, -0.1) is 0 Å². The maximum Gasteiger partial charge on any atom is 0.220 e. The summed E-state index contributed by atoms with van der Waals surface area (Å²) in [6.45, 7) is 7.68. The largest absolute Gasteiger partial charge is 0.493 e. The molecule has 2 nitrogen and oxygen atoms in total. The van der Waals surface area contributed by atoms with Crippen molar-refractivity contribution < 1.29 is 9.47 Å². The van der Waals surface area contributed by atoms with Gasteiger partial charge in [-0.1, -0.05) is 30.0 Å². The van der Waals surface area contributed by atoms with Gasteiger partial charge in [0.05, 0.1) is 13.2 Å². The van der Waals surface area contributed by atoms with Crippen LogP contribution < -0.4 is 4.74 Å². The first-order valence-corrected chi connectivity index (χ1v) is 7.34. The zero-order chi connectivity index (χ0) is 13.2. The van der Waals surface area contributed by atoms with Gasteiger partial charge in [-0.05, 0) is 39.1 Å². The first-order valence-electron chi connectivity index (χ1n) is 6.12. The summed E-state index contributed by atoms with van der Waals surface area (Å²) in [6, 6.07) is 8.23. The molecule has 0 fully saturated rings. The maximum absolute atomic E-state index is 5.74. The molecule has 0 radical (unpaired) electrons. The lowest BCUT2D eigenvalue weighted by atomic mass is 9.89. The second-order valence-corrected chi connectivity index (χ2v) is 7.05. The van der Waals surface area contributed by atoms with Crippen molar-refractivity contribution >= 4 is 28.4 Å². The molecule has 18 heavy (non-hydrogen) atoms. The number of hydrogen-bond donors (Lipinski definition) is 0. The van der Waals surface area contributed by atoms with E-state index in [2.05, 4.69) is 26.0 Å². The number of thiocarbonyl (C=S) groups is 1. The van der Waals surface area contributed by atoms with Crippen LogP contribution >= 0.6 is 24.0 Å². The van der Waals surface area contributed by atoms with Gasteiger partial charge in [0.25, 0.3) is 0 Å². The van der Waals surface area contributed by atoms with Crippen LogP contribution in [0.5, 0.6) is 5.75 Å². The average molecular weight is 282 g/mol. The molecule has 1 unspecified atom stereocenters. The van der Waals surface area contributed by atoms with Crippen molar-refractivity contribution in [1.29, 1.82) is 0 Å². The van der Waals surface area contributed by atoms with Gasteiger partial charge in [-0.3, -0.25) is 0 Å². The molecule has 0 aliphatic carbocycles. The summed E-state index contributed by atoms with van der Waals surface area (Å²) in [7, 11) is 0. The van der Waals surface area contributed by atoms with Crippen LogP contribution in [0.15, 0.2) is 24.3 Å². The molecule has 0 spiro atoms. The third-order valence-corrected chi connectivity index (χ3v) is 4.61. The Morgan fingerprint density at radius 3 is 2.94 bits per heavy atom. The van der Waals surface area contributed by atoms with E-state index in [1.54, 1.807) is 11.8 Å². The Labute approximate surface area is 118 Å². The van der Waals surface area contributed by atoms with Crippen LogP contribution in [0.2, 0.25) is 0 Å². The van der Waals surface area contributed by atoms with Crippen LogP contribution in [-0.4, -0.2) is 22.3 Å². The molecule has 1 aliphatic heterocycles. The Bertz CT molecular complexity index is 443. The van der Waals surface area contributed by atoms with Gasteiger partial charge >= 0.3 is 0 Å². The Morgan fingerprint density at radius 1 is 1.50 bits per heavy atom. The van der Waals surface area contributed by atoms with Crippen molar-refractivity contribution in [2.75, 3.05) is 13.2 Å². The van der Waals surface area contributed by atoms with E-state index in [0.29, 0.717) is 23.5 Å². The molecule has 1 heterocycles. The lowest BCUT2D eigenvalue weighted by Crippen LogP contribution is -2.28. The average Bonchev–Trinajstić information content (AvgIpc) is 2.72. The molecule has 0 N–H and O–H groups in total. The minimum absolute atomic E-state index is 0.0289. The van der Waals surface area contributed by atoms with E-state index in [1.807, 2.05) is 19.1 Å². The number of thioether (sulfide) groups is 1. The lowest BCUT2D eigenvalue weighted by Gasteiger charge is -2.29. The molecule has 0 bridgehead atoms. The molecule has 0 saturated carbocycles. The molecule has 0 amide bonds. The normalized spacial score (nSPS) is 18.1. The Hall–Kier alpha value is -0.740. The molecule has 1 aliphatic rings. The summed E-state index contributed by atoms with van der Waals surface area (Å²) < 4.78 is 11.7. The van der Waals surface area contributed by atoms with Crippen molar-refractivity contribution in [1.82, 2.24) is 0 Å². The molecule has 1 atom stereocenters. The number of fused-ring (bicyclic) bond motifs is 1. The van der Waals surface area contributed by atoms with Crippen LogP contribution in [0.4, 0.5) is 0 Å². The van der Waals surface area contributed by atoms with Gasteiger partial charge in [0.1, 0.15) is 5.75 Å². The molecule has 1 aromatic rings. The van der Waals surface area contributed by atoms with E-state index in [1.165, 1.54) is 5.56 Å². The van der Waals surface area contributed by atoms with Gasteiger partial charge in [0.2, 0.25) is 4.38 Å². The van der Waals surface area contributed by atoms with Crippen LogP contribution in [0, 0.1) is 0 Å². The number of benzene rings is 1. The molecule has 4 heteroatoms. The summed E-state index contributed by atoms with van der Waals surface area (Å²) in [4.78, 5) is 0. The summed E-state index contributed by atoms with van der Waals surface area (Å²) >= 11 is 6.85. The Balaban J connectivity index is 2.14. The lowest BCUT2D eigenvalue weighted by molar-refractivity contribution is 0.313. The first kappa shape index (κ1) is 13.7. The zero-order valence-corrected chi connectivity index (χ0v) is 12.6. The molecule has 0 aromatic heterocycles. The predicted octanol–water partition coefficient (Wildman–Crippen LogP) is 4.00. The molecule has 1 aromatic carbocycles. The first-order chi connectivity index (χ1) is 8.54. The van der Waals surface area contributed by atoms with Gasteiger partial charge < -0.3 is 9.47 Å². The number of hydrogen-bond acceptors (Lipinski definition) is 4. The highest BCUT2D eigenvalue weighted by Gasteiger charge is 2.38. The van der Waals surface area contributed by atoms with Crippen LogP contribution in [0.25, 0.3) is 0 Å². The summed E-state index contributed by atoms with van der Waals surface area (Å²) in [6.07, 6.45) is 0. The van der Waals surface area contributed by atoms with Crippen LogP contribution in [0.1, 0.15) is 32.3 Å². The topological polar surface area (TPSA) is 18.5 Å². The summed E-state index contributed by atoms with van der Waals surface area (Å²) in [5.41, 5.74) is 1.27. The molecular formula is C14H18O2S2. The Morgan fingerprint density at radius 2 is 2.22 bits per heavy atom. The fraction of sp³-hybridized carbons (Fsp3) is 0.500. The van der Waals surface area contributed by atoms with Crippen molar-refractivity contribution in [3.8, 4) is 5.75 Å². The summed E-state index contributed by atoms with van der Waals surface area (Å²) in [5, 5.41) is 0. The van der Waals surface area contributed by atoms with Gasteiger partial charge in [0.15, 0.2) is 0 Å². The predicted molar refractivity (Wildman–Crippen MR) is 80.6 cm³/mol. The highest BCUT2D eigenvalue weighted by molar-refractivity contribution is 8.23. The minimum atomic E-state index is -0.0289. The van der Waals surface area contributed by atoms with Crippen molar-refractivity contribution in [3.05, 3.63) is 29.8 Å². The third-order valence-electron chi connectivity index (χ3n) is 3.15. The third kappa shape index (κ3) is 2.81. The highest BCUT2D eigenvalue weighted by Crippen LogP contribution is 2.46. The van der Waals surface area contributed by atoms with Gasteiger partial charge in [-0.2, -0.15) is 0 Å². The van der Waals surface area contributed by atoms with E-state index in [0.717, 1.165) is 5.75 Å². The zero-order valence-electron chi connectivity index (χ0n) is 10.9. The molecule has 2 rings (SSSR count). The van der Waals surface area contributed by atoms with Crippen molar-refractivity contribution in [2.24, 2.45) is 0 Å². The van der Waals surface area contributed by atoms with E-state index in [4.69, 9.17) is 21.7 Å². The quantitative estimate of drug-likeness (QED) is 0.780. The second-order valence-electron chi connectivity index (χ2n) is 4.79. The van der Waals surface area contributed by atoms with Gasteiger partial charge in [0, 0.05) is 16.2 Å². The Kier molecular flexibility index (Phi) is 4.17. The number of ether oxygens (including phenoxy) is 2. The molecule has 98 valence electrons. The highest BCUT2D eigenvalue weighted by atomic mass is 32.2. The van der Waals surface area contributed by atoms with E-state index in [-0.39, 0.29) is 4.75 Å². The summed E-state index contributed by atoms with van der Waals surface area (Å²) in [5.74, 6) is 1.34.